The molecule has 0 unspecified atom stereocenters. The van der Waals surface area contributed by atoms with Crippen LogP contribution in [0, 0.1) is 6.92 Å². The smallest absolute Gasteiger partial charge is 0.120 e. The Labute approximate surface area is 86.3 Å². The van der Waals surface area contributed by atoms with Gasteiger partial charge in [0, 0.05) is 11.2 Å². The minimum Gasteiger partial charge on any atom is -0.345 e. The summed E-state index contributed by atoms with van der Waals surface area (Å²) in [7, 11) is 0. The second kappa shape index (κ2) is 4.13. The first-order valence-electron chi connectivity index (χ1n) is 5.21. The minimum atomic E-state index is 0.146. The van der Waals surface area contributed by atoms with Gasteiger partial charge in [0.25, 0.3) is 0 Å². The summed E-state index contributed by atoms with van der Waals surface area (Å²) in [6.07, 6.45) is 0.998. The maximum absolute atomic E-state index is 4.51. The molecule has 0 aliphatic carbocycles. The normalized spacial score (nSPS) is 12.1. The molecular weight excluding hydrogens is 174 g/mol. The summed E-state index contributed by atoms with van der Waals surface area (Å²) in [5.74, 6) is 1.04. The Morgan fingerprint density at radius 1 is 1.36 bits per heavy atom. The number of hydrogen-bond acceptors (Lipinski definition) is 2. The molecule has 14 heavy (non-hydrogen) atoms. The molecule has 2 N–H and O–H groups in total. The van der Waals surface area contributed by atoms with Gasteiger partial charge in [-0.25, -0.2) is 4.98 Å². The second-order valence-corrected chi connectivity index (χ2v) is 4.71. The van der Waals surface area contributed by atoms with Crippen molar-refractivity contribution in [2.75, 3.05) is 0 Å². The van der Waals surface area contributed by atoms with E-state index in [9.17, 15) is 0 Å². The maximum Gasteiger partial charge on any atom is 0.120 e. The van der Waals surface area contributed by atoms with Gasteiger partial charge in [-0.05, 0) is 34.1 Å². The SMILES string of the molecule is CCc1nc(CNC(C)(C)C)[nH]c1C. The molecule has 0 aliphatic heterocycles. The van der Waals surface area contributed by atoms with E-state index in [1.165, 1.54) is 11.4 Å². The lowest BCUT2D eigenvalue weighted by molar-refractivity contribution is 0.418. The summed E-state index contributed by atoms with van der Waals surface area (Å²) in [5.41, 5.74) is 2.52. The monoisotopic (exact) mass is 195 g/mol. The van der Waals surface area contributed by atoms with E-state index in [0.717, 1.165) is 18.8 Å². The first kappa shape index (κ1) is 11.2. The molecule has 3 nitrogen and oxygen atoms in total. The highest BCUT2D eigenvalue weighted by molar-refractivity contribution is 5.12. The molecule has 3 heteroatoms. The highest BCUT2D eigenvalue weighted by atomic mass is 15.0. The maximum atomic E-state index is 4.51. The van der Waals surface area contributed by atoms with Gasteiger partial charge in [0.1, 0.15) is 5.82 Å². The van der Waals surface area contributed by atoms with E-state index in [1.54, 1.807) is 0 Å². The van der Waals surface area contributed by atoms with Crippen molar-refractivity contribution >= 4 is 0 Å². The minimum absolute atomic E-state index is 0.146. The number of aromatic amines is 1. The lowest BCUT2D eigenvalue weighted by atomic mass is 10.1. The van der Waals surface area contributed by atoms with Gasteiger partial charge in [0.15, 0.2) is 0 Å². The molecule has 0 amide bonds. The van der Waals surface area contributed by atoms with E-state index in [0.29, 0.717) is 0 Å². The third-order valence-electron chi connectivity index (χ3n) is 2.16. The Kier molecular flexibility index (Phi) is 3.32. The predicted molar refractivity (Wildman–Crippen MR) is 59.3 cm³/mol. The lowest BCUT2D eigenvalue weighted by Crippen LogP contribution is -2.35. The van der Waals surface area contributed by atoms with E-state index < -0.39 is 0 Å². The molecule has 0 atom stereocenters. The number of aryl methyl sites for hydroxylation is 2. The Balaban J connectivity index is 2.60. The van der Waals surface area contributed by atoms with Crippen LogP contribution in [0.4, 0.5) is 0 Å². The van der Waals surface area contributed by atoms with Gasteiger partial charge in [0.05, 0.1) is 12.2 Å². The van der Waals surface area contributed by atoms with Crippen LogP contribution in [-0.2, 0) is 13.0 Å². The van der Waals surface area contributed by atoms with Gasteiger partial charge in [-0.2, -0.15) is 0 Å². The predicted octanol–water partition coefficient (Wildman–Crippen LogP) is 2.17. The van der Waals surface area contributed by atoms with Crippen LogP contribution in [0.5, 0.6) is 0 Å². The molecule has 0 bridgehead atoms. The zero-order valence-electron chi connectivity index (χ0n) is 9.86. The fourth-order valence-corrected chi connectivity index (χ4v) is 1.34. The van der Waals surface area contributed by atoms with Crippen molar-refractivity contribution in [2.24, 2.45) is 0 Å². The van der Waals surface area contributed by atoms with Gasteiger partial charge in [-0.15, -0.1) is 0 Å². The number of rotatable bonds is 3. The van der Waals surface area contributed by atoms with Gasteiger partial charge in [-0.1, -0.05) is 6.92 Å². The summed E-state index contributed by atoms with van der Waals surface area (Å²) in [6, 6.07) is 0. The Morgan fingerprint density at radius 3 is 2.43 bits per heavy atom. The van der Waals surface area contributed by atoms with Gasteiger partial charge >= 0.3 is 0 Å². The van der Waals surface area contributed by atoms with E-state index >= 15 is 0 Å². The number of aromatic nitrogens is 2. The van der Waals surface area contributed by atoms with E-state index in [2.05, 4.69) is 49.9 Å². The van der Waals surface area contributed by atoms with E-state index in [-0.39, 0.29) is 5.54 Å². The standard InChI is InChI=1S/C11H21N3/c1-6-9-8(2)13-10(14-9)7-12-11(3,4)5/h12H,6-7H2,1-5H3,(H,13,14). The lowest BCUT2D eigenvalue weighted by Gasteiger charge is -2.19. The third-order valence-corrected chi connectivity index (χ3v) is 2.16. The molecular formula is C11H21N3. The number of nitrogens with zero attached hydrogens (tertiary/aromatic N) is 1. The summed E-state index contributed by atoms with van der Waals surface area (Å²) in [6.45, 7) is 11.5. The molecule has 0 saturated carbocycles. The molecule has 80 valence electrons. The van der Waals surface area contributed by atoms with Crippen LogP contribution in [0.15, 0.2) is 0 Å². The molecule has 1 aromatic rings. The molecule has 1 heterocycles. The van der Waals surface area contributed by atoms with Crippen molar-refractivity contribution in [3.05, 3.63) is 17.2 Å². The largest absolute Gasteiger partial charge is 0.345 e. The average molecular weight is 195 g/mol. The third kappa shape index (κ3) is 3.14. The molecule has 0 spiro atoms. The number of H-pyrrole nitrogens is 1. The Bertz CT molecular complexity index is 294. The van der Waals surface area contributed by atoms with Crippen molar-refractivity contribution in [3.63, 3.8) is 0 Å². The summed E-state index contributed by atoms with van der Waals surface area (Å²) in [4.78, 5) is 7.81. The molecule has 1 aromatic heterocycles. The number of imidazole rings is 1. The van der Waals surface area contributed by atoms with Crippen molar-refractivity contribution in [2.45, 2.75) is 53.1 Å². The van der Waals surface area contributed by atoms with Crippen LogP contribution >= 0.6 is 0 Å². The topological polar surface area (TPSA) is 40.7 Å². The van der Waals surface area contributed by atoms with Crippen molar-refractivity contribution in [3.8, 4) is 0 Å². The van der Waals surface area contributed by atoms with Crippen molar-refractivity contribution in [1.29, 1.82) is 0 Å². The quantitative estimate of drug-likeness (QED) is 0.776. The zero-order valence-corrected chi connectivity index (χ0v) is 9.86. The van der Waals surface area contributed by atoms with E-state index in [4.69, 9.17) is 0 Å². The van der Waals surface area contributed by atoms with Gasteiger partial charge in [0.2, 0.25) is 0 Å². The molecule has 1 rings (SSSR count). The van der Waals surface area contributed by atoms with Crippen molar-refractivity contribution in [1.82, 2.24) is 15.3 Å². The van der Waals surface area contributed by atoms with Crippen molar-refractivity contribution < 1.29 is 0 Å². The first-order valence-corrected chi connectivity index (χ1v) is 5.21. The summed E-state index contributed by atoms with van der Waals surface area (Å²) >= 11 is 0. The van der Waals surface area contributed by atoms with Crippen LogP contribution in [0.3, 0.4) is 0 Å². The molecule has 0 aromatic carbocycles. The molecule has 0 saturated heterocycles. The fraction of sp³-hybridized carbons (Fsp3) is 0.727. The van der Waals surface area contributed by atoms with E-state index in [1.807, 2.05) is 0 Å². The van der Waals surface area contributed by atoms with Gasteiger partial charge in [-0.3, -0.25) is 0 Å². The zero-order chi connectivity index (χ0) is 10.8. The fourth-order valence-electron chi connectivity index (χ4n) is 1.34. The molecule has 0 fully saturated rings. The first-order chi connectivity index (χ1) is 6.42. The highest BCUT2D eigenvalue weighted by Gasteiger charge is 2.10. The van der Waals surface area contributed by atoms with Crippen LogP contribution in [0.1, 0.15) is 44.9 Å². The molecule has 0 radical (unpaired) electrons. The summed E-state index contributed by atoms with van der Waals surface area (Å²) < 4.78 is 0. The molecule has 0 aliphatic rings. The average Bonchev–Trinajstić information content (AvgIpc) is 2.42. The Morgan fingerprint density at radius 2 is 2.00 bits per heavy atom. The summed E-state index contributed by atoms with van der Waals surface area (Å²) in [5, 5.41) is 3.41. The van der Waals surface area contributed by atoms with Crippen LogP contribution < -0.4 is 5.32 Å². The van der Waals surface area contributed by atoms with Crippen LogP contribution in [-0.4, -0.2) is 15.5 Å². The number of hydrogen-bond donors (Lipinski definition) is 2. The van der Waals surface area contributed by atoms with Crippen LogP contribution in [0.2, 0.25) is 0 Å². The number of nitrogens with one attached hydrogen (secondary N) is 2. The Hall–Kier alpha value is -0.830. The second-order valence-electron chi connectivity index (χ2n) is 4.71. The van der Waals surface area contributed by atoms with Gasteiger partial charge < -0.3 is 10.3 Å². The van der Waals surface area contributed by atoms with Crippen LogP contribution in [0.25, 0.3) is 0 Å². The highest BCUT2D eigenvalue weighted by Crippen LogP contribution is 2.07.